The topological polar surface area (TPSA) is 106 Å². The number of carbonyl (C=O) groups is 2. The van der Waals surface area contributed by atoms with Crippen LogP contribution in [0.3, 0.4) is 0 Å². The molecule has 0 unspecified atom stereocenters. The molecule has 0 aliphatic carbocycles. The largest absolute Gasteiger partial charge is 0.444 e. The van der Waals surface area contributed by atoms with Gasteiger partial charge in [-0.2, -0.15) is 0 Å². The minimum atomic E-state index is -0.530. The molecule has 0 fully saturated rings. The van der Waals surface area contributed by atoms with Crippen LogP contribution in [0.5, 0.6) is 0 Å². The van der Waals surface area contributed by atoms with Crippen LogP contribution in [0.1, 0.15) is 71.4 Å². The highest BCUT2D eigenvalue weighted by atomic mass is 79.9. The molecule has 3 N–H and O–H groups in total. The van der Waals surface area contributed by atoms with Crippen molar-refractivity contribution in [2.45, 2.75) is 65.9 Å². The lowest BCUT2D eigenvalue weighted by molar-refractivity contribution is -0.180. The maximum atomic E-state index is 13.2. The minimum Gasteiger partial charge on any atom is -0.444 e. The zero-order valence-electron chi connectivity index (χ0n) is 21.2. The number of aliphatic imine (C=N–C) groups is 1. The first kappa shape index (κ1) is 28.4. The normalized spacial score (nSPS) is 12.9. The van der Waals surface area contributed by atoms with Crippen LogP contribution < -0.4 is 11.1 Å². The first-order chi connectivity index (χ1) is 16.5. The van der Waals surface area contributed by atoms with Crippen molar-refractivity contribution in [1.29, 1.82) is 0 Å². The lowest BCUT2D eigenvalue weighted by Crippen LogP contribution is -2.34. The second kappa shape index (κ2) is 13.3. The Kier molecular flexibility index (Phi) is 10.8. The molecule has 1 aliphatic rings. The van der Waals surface area contributed by atoms with E-state index in [0.717, 1.165) is 22.0 Å². The van der Waals surface area contributed by atoms with Crippen molar-refractivity contribution in [2.24, 2.45) is 10.7 Å². The Morgan fingerprint density at radius 3 is 2.69 bits per heavy atom. The van der Waals surface area contributed by atoms with E-state index in [2.05, 4.69) is 38.1 Å². The molecule has 1 aliphatic heterocycles. The van der Waals surface area contributed by atoms with Gasteiger partial charge in [0.25, 0.3) is 5.91 Å². The summed E-state index contributed by atoms with van der Waals surface area (Å²) in [5, 5.41) is 4.11. The number of nitrogens with zero attached hydrogens (tertiary/aromatic N) is 2. The van der Waals surface area contributed by atoms with Crippen molar-refractivity contribution in [3.63, 3.8) is 0 Å². The van der Waals surface area contributed by atoms with Gasteiger partial charge in [-0.3, -0.25) is 9.63 Å². The van der Waals surface area contributed by atoms with E-state index in [1.54, 1.807) is 0 Å². The molecule has 2 rings (SSSR count). The third kappa shape index (κ3) is 9.38. The van der Waals surface area contributed by atoms with Gasteiger partial charge in [-0.1, -0.05) is 34.7 Å². The van der Waals surface area contributed by atoms with E-state index in [4.69, 9.17) is 15.3 Å². The van der Waals surface area contributed by atoms with Gasteiger partial charge < -0.3 is 15.8 Å². The monoisotopic (exact) mass is 546 g/mol. The number of ether oxygens (including phenoxy) is 1. The second-order valence-electron chi connectivity index (χ2n) is 8.99. The molecular formula is C26H35BrN4O4. The van der Waals surface area contributed by atoms with Gasteiger partial charge in [-0.25, -0.2) is 14.9 Å². The molecule has 0 spiro atoms. The molecule has 2 amide bonds. The summed E-state index contributed by atoms with van der Waals surface area (Å²) in [6.45, 7) is 10.6. The summed E-state index contributed by atoms with van der Waals surface area (Å²) in [7, 11) is 0. The summed E-state index contributed by atoms with van der Waals surface area (Å²) in [6.07, 6.45) is 3.61. The zero-order chi connectivity index (χ0) is 26.0. The SMILES string of the molecule is CCCN(OCC)C(=O)C1=Cc2c(C#CCCCNC(=O)OC(C)(C)C)cc(Br)cc2N=C(N)C1. The molecule has 0 saturated heterocycles. The van der Waals surface area contributed by atoms with Gasteiger partial charge in [0.1, 0.15) is 11.4 Å². The van der Waals surface area contributed by atoms with Gasteiger partial charge in [0, 0.05) is 47.1 Å². The van der Waals surface area contributed by atoms with E-state index in [9.17, 15) is 9.59 Å². The van der Waals surface area contributed by atoms with Crippen molar-refractivity contribution in [3.8, 4) is 11.8 Å². The summed E-state index contributed by atoms with van der Waals surface area (Å²) in [5.74, 6) is 6.46. The fourth-order valence-electron chi connectivity index (χ4n) is 3.29. The number of unbranched alkanes of at least 4 members (excludes halogenated alkanes) is 1. The third-order valence-corrected chi connectivity index (χ3v) is 5.12. The van der Waals surface area contributed by atoms with Crippen LogP contribution in [0.15, 0.2) is 27.2 Å². The second-order valence-corrected chi connectivity index (χ2v) is 9.91. The highest BCUT2D eigenvalue weighted by molar-refractivity contribution is 9.10. The van der Waals surface area contributed by atoms with Gasteiger partial charge in [0.15, 0.2) is 0 Å². The van der Waals surface area contributed by atoms with Crippen LogP contribution in [-0.4, -0.2) is 48.2 Å². The number of amides is 2. The van der Waals surface area contributed by atoms with Crippen molar-refractivity contribution < 1.29 is 19.2 Å². The number of hydroxylamine groups is 2. The summed E-state index contributed by atoms with van der Waals surface area (Å²) in [4.78, 5) is 35.0. The number of hydrogen-bond acceptors (Lipinski definition) is 6. The molecule has 8 nitrogen and oxygen atoms in total. The van der Waals surface area contributed by atoms with E-state index in [-0.39, 0.29) is 12.3 Å². The van der Waals surface area contributed by atoms with Crippen molar-refractivity contribution >= 4 is 45.5 Å². The van der Waals surface area contributed by atoms with Crippen molar-refractivity contribution in [3.05, 3.63) is 33.3 Å². The van der Waals surface area contributed by atoms with Crippen LogP contribution >= 0.6 is 15.9 Å². The minimum absolute atomic E-state index is 0.224. The number of rotatable bonds is 8. The molecule has 1 heterocycles. The quantitative estimate of drug-likeness (QED) is 0.269. The number of benzene rings is 1. The number of hydrogen-bond donors (Lipinski definition) is 2. The summed E-state index contributed by atoms with van der Waals surface area (Å²) in [5.41, 5.74) is 8.23. The number of halogens is 1. The molecule has 0 bridgehead atoms. The number of nitrogens with one attached hydrogen (secondary N) is 1. The number of carbonyl (C=O) groups excluding carboxylic acids is 2. The van der Waals surface area contributed by atoms with E-state index in [0.29, 0.717) is 49.6 Å². The van der Waals surface area contributed by atoms with Crippen molar-refractivity contribution in [2.75, 3.05) is 19.7 Å². The lowest BCUT2D eigenvalue weighted by Gasteiger charge is -2.21. The number of amidine groups is 1. The maximum absolute atomic E-state index is 13.2. The van der Waals surface area contributed by atoms with E-state index >= 15 is 0 Å². The molecule has 1 aromatic rings. The third-order valence-electron chi connectivity index (χ3n) is 4.66. The Morgan fingerprint density at radius 1 is 1.29 bits per heavy atom. The van der Waals surface area contributed by atoms with E-state index < -0.39 is 11.7 Å². The van der Waals surface area contributed by atoms with Crippen LogP contribution in [0.25, 0.3) is 6.08 Å². The molecular weight excluding hydrogens is 512 g/mol. The molecule has 1 aromatic carbocycles. The van der Waals surface area contributed by atoms with Gasteiger partial charge in [-0.05, 0) is 58.7 Å². The van der Waals surface area contributed by atoms with Crippen LogP contribution in [0.2, 0.25) is 0 Å². The average molecular weight is 547 g/mol. The Hall–Kier alpha value is -2.83. The predicted octanol–water partition coefficient (Wildman–Crippen LogP) is 5.07. The fourth-order valence-corrected chi connectivity index (χ4v) is 3.73. The summed E-state index contributed by atoms with van der Waals surface area (Å²) < 4.78 is 6.04. The smallest absolute Gasteiger partial charge is 0.407 e. The number of alkyl carbamates (subject to hydrolysis) is 1. The van der Waals surface area contributed by atoms with Gasteiger partial charge >= 0.3 is 6.09 Å². The van der Waals surface area contributed by atoms with Gasteiger partial charge in [0.2, 0.25) is 0 Å². The molecule has 9 heteroatoms. The van der Waals surface area contributed by atoms with E-state index in [1.165, 1.54) is 5.06 Å². The Labute approximate surface area is 216 Å². The highest BCUT2D eigenvalue weighted by Gasteiger charge is 2.23. The highest BCUT2D eigenvalue weighted by Crippen LogP contribution is 2.33. The summed E-state index contributed by atoms with van der Waals surface area (Å²) in [6, 6.07) is 3.75. The Bertz CT molecular complexity index is 1040. The Balaban J connectivity index is 2.21. The van der Waals surface area contributed by atoms with Gasteiger partial charge in [-0.15, -0.1) is 0 Å². The van der Waals surface area contributed by atoms with Crippen LogP contribution in [0, 0.1) is 11.8 Å². The summed E-state index contributed by atoms with van der Waals surface area (Å²) >= 11 is 3.51. The number of fused-ring (bicyclic) bond motifs is 1. The average Bonchev–Trinajstić information content (AvgIpc) is 2.92. The first-order valence-electron chi connectivity index (χ1n) is 11.8. The first-order valence-corrected chi connectivity index (χ1v) is 12.6. The molecule has 0 radical (unpaired) electrons. The molecule has 190 valence electrons. The van der Waals surface area contributed by atoms with Gasteiger partial charge in [0.05, 0.1) is 12.3 Å². The zero-order valence-corrected chi connectivity index (χ0v) is 22.8. The van der Waals surface area contributed by atoms with Crippen molar-refractivity contribution in [1.82, 2.24) is 10.4 Å². The molecule has 0 saturated carbocycles. The molecule has 35 heavy (non-hydrogen) atoms. The van der Waals surface area contributed by atoms with E-state index in [1.807, 2.05) is 52.8 Å². The molecule has 0 atom stereocenters. The van der Waals surface area contributed by atoms with Crippen LogP contribution in [-0.2, 0) is 14.4 Å². The standard InChI is InChI=1S/C26H35BrN4O4/c1-6-13-31(34-7-2)24(32)19-15-21-18(14-20(27)17-22(21)30-23(28)16-19)11-9-8-10-12-29-25(33)35-26(3,4)5/h14-15,17H,6-8,10,12-13,16H2,1-5H3,(H2,28,30)(H,29,33). The number of nitrogens with two attached hydrogens (primary N) is 1. The Morgan fingerprint density at radius 2 is 2.03 bits per heavy atom. The van der Waals surface area contributed by atoms with Crippen LogP contribution in [0.4, 0.5) is 10.5 Å². The predicted molar refractivity (Wildman–Crippen MR) is 142 cm³/mol. The lowest BCUT2D eigenvalue weighted by atomic mass is 10.0. The maximum Gasteiger partial charge on any atom is 0.407 e. The fraction of sp³-hybridized carbons (Fsp3) is 0.500. The molecule has 0 aromatic heterocycles.